The van der Waals surface area contributed by atoms with Gasteiger partial charge in [-0.3, -0.25) is 0 Å². The largest absolute Gasteiger partial charge is 0.120 e. The van der Waals surface area contributed by atoms with E-state index in [1.54, 1.807) is 0 Å². The van der Waals surface area contributed by atoms with Crippen LogP contribution in [-0.4, -0.2) is 7.28 Å². The summed E-state index contributed by atoms with van der Waals surface area (Å²) in [5, 5.41) is 0. The summed E-state index contributed by atoms with van der Waals surface area (Å²) in [6.07, 6.45) is 19.5. The molecule has 0 nitrogen and oxygen atoms in total. The van der Waals surface area contributed by atoms with Crippen molar-refractivity contribution in [3.8, 4) is 0 Å². The topological polar surface area (TPSA) is 0 Å². The Bertz CT molecular complexity index is 130. The van der Waals surface area contributed by atoms with Crippen LogP contribution >= 0.6 is 0 Å². The van der Waals surface area contributed by atoms with Crippen LogP contribution in [0.15, 0.2) is 0 Å². The molecule has 1 rings (SSSR count). The Morgan fingerprint density at radius 1 is 0.562 bits per heavy atom. The monoisotopic (exact) mass is 222 g/mol. The van der Waals surface area contributed by atoms with Crippen molar-refractivity contribution < 1.29 is 0 Å². The molecular formula is C15H31B. The molecule has 94 valence electrons. The number of rotatable bonds is 1. The van der Waals surface area contributed by atoms with Crippen LogP contribution in [0.4, 0.5) is 0 Å². The highest BCUT2D eigenvalue weighted by Gasteiger charge is 2.07. The van der Waals surface area contributed by atoms with E-state index in [1.165, 1.54) is 90.8 Å². The van der Waals surface area contributed by atoms with Gasteiger partial charge in [-0.15, -0.1) is 0 Å². The third-order valence-corrected chi connectivity index (χ3v) is 4.30. The van der Waals surface area contributed by atoms with Crippen LogP contribution in [0.1, 0.15) is 83.5 Å². The van der Waals surface area contributed by atoms with Gasteiger partial charge in [0.25, 0.3) is 0 Å². The fourth-order valence-corrected chi connectivity index (χ4v) is 3.01. The van der Waals surface area contributed by atoms with E-state index >= 15 is 0 Å². The predicted octanol–water partition coefficient (Wildman–Crippen LogP) is 5.34. The average molecular weight is 222 g/mol. The molecule has 1 fully saturated rings. The maximum absolute atomic E-state index is 2.38. The third kappa shape index (κ3) is 7.36. The van der Waals surface area contributed by atoms with Crippen molar-refractivity contribution in [3.05, 3.63) is 0 Å². The van der Waals surface area contributed by atoms with E-state index in [0.717, 1.165) is 5.82 Å². The van der Waals surface area contributed by atoms with Crippen LogP contribution in [0, 0.1) is 0 Å². The zero-order chi connectivity index (χ0) is 11.5. The molecule has 0 bridgehead atoms. The Hall–Kier alpha value is 0.0649. The van der Waals surface area contributed by atoms with Gasteiger partial charge in [0, 0.05) is 0 Å². The Morgan fingerprint density at radius 3 is 1.19 bits per heavy atom. The molecule has 0 spiro atoms. The SMILES string of the molecule is CBC1CCCCCCCCCCCCC1. The van der Waals surface area contributed by atoms with E-state index in [4.69, 9.17) is 0 Å². The lowest BCUT2D eigenvalue weighted by Gasteiger charge is -2.14. The molecule has 1 aliphatic carbocycles. The van der Waals surface area contributed by atoms with Crippen LogP contribution in [0.5, 0.6) is 0 Å². The van der Waals surface area contributed by atoms with Gasteiger partial charge < -0.3 is 0 Å². The maximum Gasteiger partial charge on any atom is 0.120 e. The van der Waals surface area contributed by atoms with Gasteiger partial charge in [0.2, 0.25) is 0 Å². The van der Waals surface area contributed by atoms with Crippen LogP contribution in [0.2, 0.25) is 12.6 Å². The second kappa shape index (κ2) is 10.2. The molecule has 0 unspecified atom stereocenters. The van der Waals surface area contributed by atoms with E-state index in [9.17, 15) is 0 Å². The third-order valence-electron chi connectivity index (χ3n) is 4.30. The van der Waals surface area contributed by atoms with Crippen molar-refractivity contribution in [2.45, 2.75) is 96.1 Å². The fraction of sp³-hybridized carbons (Fsp3) is 1.00. The Morgan fingerprint density at radius 2 is 0.875 bits per heavy atom. The van der Waals surface area contributed by atoms with Crippen molar-refractivity contribution in [1.29, 1.82) is 0 Å². The molecule has 0 N–H and O–H groups in total. The Labute approximate surface area is 104 Å². The van der Waals surface area contributed by atoms with Crippen molar-refractivity contribution >= 4 is 7.28 Å². The molecule has 0 atom stereocenters. The lowest BCUT2D eigenvalue weighted by molar-refractivity contribution is 0.503. The van der Waals surface area contributed by atoms with Gasteiger partial charge in [-0.2, -0.15) is 0 Å². The zero-order valence-corrected chi connectivity index (χ0v) is 11.5. The van der Waals surface area contributed by atoms with Crippen LogP contribution < -0.4 is 0 Å². The molecule has 0 heterocycles. The van der Waals surface area contributed by atoms with Gasteiger partial charge in [-0.05, 0) is 0 Å². The summed E-state index contributed by atoms with van der Waals surface area (Å²) in [5.74, 6) is 1.04. The fourth-order valence-electron chi connectivity index (χ4n) is 3.01. The van der Waals surface area contributed by atoms with Gasteiger partial charge in [0.05, 0.1) is 0 Å². The molecule has 16 heavy (non-hydrogen) atoms. The van der Waals surface area contributed by atoms with Crippen molar-refractivity contribution in [1.82, 2.24) is 0 Å². The van der Waals surface area contributed by atoms with E-state index in [1.807, 2.05) is 0 Å². The molecule has 1 saturated carbocycles. The molecule has 0 saturated heterocycles. The zero-order valence-electron chi connectivity index (χ0n) is 11.5. The van der Waals surface area contributed by atoms with Gasteiger partial charge in [0.1, 0.15) is 7.28 Å². The van der Waals surface area contributed by atoms with Gasteiger partial charge in [-0.25, -0.2) is 0 Å². The van der Waals surface area contributed by atoms with Crippen molar-refractivity contribution in [2.75, 3.05) is 0 Å². The maximum atomic E-state index is 2.38. The minimum atomic E-state index is 1.04. The molecule has 0 aromatic carbocycles. The highest BCUT2D eigenvalue weighted by molar-refractivity contribution is 6.35. The summed E-state index contributed by atoms with van der Waals surface area (Å²) in [6.45, 7) is 2.38. The van der Waals surface area contributed by atoms with Crippen LogP contribution in [0.25, 0.3) is 0 Å². The summed E-state index contributed by atoms with van der Waals surface area (Å²) in [4.78, 5) is 0. The summed E-state index contributed by atoms with van der Waals surface area (Å²) in [7, 11) is 1.42. The van der Waals surface area contributed by atoms with E-state index in [0.29, 0.717) is 0 Å². The standard InChI is InChI=1S/C15H31B/c1-16-15-13-11-9-7-5-3-2-4-6-8-10-12-14-15/h15-16H,2-14H2,1H3. The lowest BCUT2D eigenvalue weighted by atomic mass is 9.63. The first-order chi connectivity index (χ1) is 7.93. The molecule has 0 radical (unpaired) electrons. The van der Waals surface area contributed by atoms with Crippen molar-refractivity contribution in [2.24, 2.45) is 0 Å². The normalized spacial score (nSPS) is 23.6. The second-order valence-electron chi connectivity index (χ2n) is 5.74. The highest BCUT2D eigenvalue weighted by atomic mass is 14.1. The molecule has 0 amide bonds. The van der Waals surface area contributed by atoms with Crippen LogP contribution in [-0.2, 0) is 0 Å². The number of hydrogen-bond donors (Lipinski definition) is 0. The smallest absolute Gasteiger partial charge is 0.0891 e. The van der Waals surface area contributed by atoms with Crippen molar-refractivity contribution in [3.63, 3.8) is 0 Å². The molecule has 1 aliphatic rings. The number of hydrogen-bond acceptors (Lipinski definition) is 0. The van der Waals surface area contributed by atoms with Gasteiger partial charge in [-0.1, -0.05) is 96.1 Å². The predicted molar refractivity (Wildman–Crippen MR) is 76.8 cm³/mol. The molecule has 0 aromatic heterocycles. The second-order valence-corrected chi connectivity index (χ2v) is 5.74. The first-order valence-electron chi connectivity index (χ1n) is 7.93. The summed E-state index contributed by atoms with van der Waals surface area (Å²) >= 11 is 0. The molecule has 0 aliphatic heterocycles. The van der Waals surface area contributed by atoms with E-state index in [2.05, 4.69) is 6.82 Å². The summed E-state index contributed by atoms with van der Waals surface area (Å²) in [6, 6.07) is 0. The highest BCUT2D eigenvalue weighted by Crippen LogP contribution is 2.23. The Balaban J connectivity index is 2.16. The summed E-state index contributed by atoms with van der Waals surface area (Å²) < 4.78 is 0. The summed E-state index contributed by atoms with van der Waals surface area (Å²) in [5.41, 5.74) is 0. The first-order valence-corrected chi connectivity index (χ1v) is 7.93. The van der Waals surface area contributed by atoms with E-state index in [-0.39, 0.29) is 0 Å². The minimum absolute atomic E-state index is 1.04. The minimum Gasteiger partial charge on any atom is -0.0891 e. The van der Waals surface area contributed by atoms with Gasteiger partial charge in [0.15, 0.2) is 0 Å². The quantitative estimate of drug-likeness (QED) is 0.525. The van der Waals surface area contributed by atoms with Gasteiger partial charge >= 0.3 is 0 Å². The molecule has 0 aromatic rings. The average Bonchev–Trinajstić information content (AvgIpc) is 2.32. The van der Waals surface area contributed by atoms with E-state index < -0.39 is 0 Å². The first kappa shape index (κ1) is 14.1. The molecular weight excluding hydrogens is 191 g/mol. The Kier molecular flexibility index (Phi) is 9.04. The molecule has 1 heteroatoms. The lowest BCUT2D eigenvalue weighted by Crippen LogP contribution is -2.00. The van der Waals surface area contributed by atoms with Crippen LogP contribution in [0.3, 0.4) is 0 Å².